The van der Waals surface area contributed by atoms with Crippen LogP contribution in [0.1, 0.15) is 36.4 Å². The van der Waals surface area contributed by atoms with Gasteiger partial charge in [0.25, 0.3) is 0 Å². The molecule has 1 amide bonds. The van der Waals surface area contributed by atoms with Gasteiger partial charge >= 0.3 is 0 Å². The van der Waals surface area contributed by atoms with Crippen LogP contribution in [0.25, 0.3) is 0 Å². The summed E-state index contributed by atoms with van der Waals surface area (Å²) in [5, 5.41) is 16.2. The van der Waals surface area contributed by atoms with Crippen molar-refractivity contribution in [2.24, 2.45) is 5.92 Å². The normalized spacial score (nSPS) is 11.8. The van der Waals surface area contributed by atoms with E-state index in [0.29, 0.717) is 13.0 Å². The van der Waals surface area contributed by atoms with E-state index in [-0.39, 0.29) is 17.6 Å². The summed E-state index contributed by atoms with van der Waals surface area (Å²) in [6, 6.07) is 14.1. The van der Waals surface area contributed by atoms with E-state index in [0.717, 1.165) is 33.4 Å². The van der Waals surface area contributed by atoms with E-state index in [2.05, 4.69) is 20.8 Å². The summed E-state index contributed by atoms with van der Waals surface area (Å²) in [7, 11) is 0. The van der Waals surface area contributed by atoms with Crippen molar-refractivity contribution in [3.8, 4) is 0 Å². The van der Waals surface area contributed by atoms with E-state index in [1.165, 1.54) is 23.5 Å². The van der Waals surface area contributed by atoms with Crippen molar-refractivity contribution in [1.82, 2.24) is 10.2 Å². The molecule has 0 aliphatic carbocycles. The van der Waals surface area contributed by atoms with Crippen LogP contribution in [0.5, 0.6) is 0 Å². The number of halogens is 1. The number of hydrogen-bond acceptors (Lipinski definition) is 5. The van der Waals surface area contributed by atoms with Gasteiger partial charge in [0.2, 0.25) is 11.0 Å². The van der Waals surface area contributed by atoms with Gasteiger partial charge in [0.1, 0.15) is 10.8 Å². The SMILES string of the molecule is CCC(C)C(=O)Nc1cccc(CNc2nnc(Cc3ccc(F)cc3)s2)c1. The predicted molar refractivity (Wildman–Crippen MR) is 111 cm³/mol. The maximum absolute atomic E-state index is 13.0. The number of rotatable bonds is 8. The first-order valence-corrected chi connectivity index (χ1v) is 10.1. The van der Waals surface area contributed by atoms with E-state index < -0.39 is 0 Å². The summed E-state index contributed by atoms with van der Waals surface area (Å²) in [4.78, 5) is 12.0. The van der Waals surface area contributed by atoms with Crippen LogP contribution in [0.3, 0.4) is 0 Å². The van der Waals surface area contributed by atoms with Gasteiger partial charge in [-0.05, 0) is 41.8 Å². The number of nitrogens with one attached hydrogen (secondary N) is 2. The minimum atomic E-state index is -0.244. The second-order valence-electron chi connectivity index (χ2n) is 6.66. The molecule has 2 N–H and O–H groups in total. The van der Waals surface area contributed by atoms with Crippen molar-refractivity contribution in [1.29, 1.82) is 0 Å². The van der Waals surface area contributed by atoms with Crippen molar-refractivity contribution in [2.45, 2.75) is 33.2 Å². The Hall–Kier alpha value is -2.80. The summed E-state index contributed by atoms with van der Waals surface area (Å²) >= 11 is 1.48. The first-order valence-electron chi connectivity index (χ1n) is 9.24. The Morgan fingerprint density at radius 1 is 1.14 bits per heavy atom. The molecule has 5 nitrogen and oxygen atoms in total. The number of hydrogen-bond donors (Lipinski definition) is 2. The van der Waals surface area contributed by atoms with Crippen LogP contribution in [-0.2, 0) is 17.8 Å². The smallest absolute Gasteiger partial charge is 0.227 e. The molecular formula is C21H23FN4OS. The largest absolute Gasteiger partial charge is 0.356 e. The number of aromatic nitrogens is 2. The molecule has 28 heavy (non-hydrogen) atoms. The van der Waals surface area contributed by atoms with Crippen LogP contribution in [0.2, 0.25) is 0 Å². The van der Waals surface area contributed by atoms with Crippen LogP contribution in [-0.4, -0.2) is 16.1 Å². The zero-order valence-corrected chi connectivity index (χ0v) is 16.7. The van der Waals surface area contributed by atoms with Gasteiger partial charge in [-0.15, -0.1) is 10.2 Å². The van der Waals surface area contributed by atoms with E-state index in [9.17, 15) is 9.18 Å². The Balaban J connectivity index is 1.56. The number of benzene rings is 2. The molecule has 1 atom stereocenters. The molecule has 3 rings (SSSR count). The van der Waals surface area contributed by atoms with E-state index in [1.54, 1.807) is 12.1 Å². The van der Waals surface area contributed by atoms with Crippen molar-refractivity contribution < 1.29 is 9.18 Å². The zero-order valence-electron chi connectivity index (χ0n) is 15.9. The van der Waals surface area contributed by atoms with E-state index >= 15 is 0 Å². The minimum Gasteiger partial charge on any atom is -0.356 e. The topological polar surface area (TPSA) is 66.9 Å². The third-order valence-electron chi connectivity index (χ3n) is 4.43. The second kappa shape index (κ2) is 9.41. The maximum atomic E-state index is 13.0. The van der Waals surface area contributed by atoms with Crippen LogP contribution >= 0.6 is 11.3 Å². The highest BCUT2D eigenvalue weighted by atomic mass is 32.1. The summed E-state index contributed by atoms with van der Waals surface area (Å²) in [6.45, 7) is 4.49. The van der Waals surface area contributed by atoms with Crippen molar-refractivity contribution in [3.63, 3.8) is 0 Å². The van der Waals surface area contributed by atoms with Gasteiger partial charge in [0.05, 0.1) is 0 Å². The monoisotopic (exact) mass is 398 g/mol. The molecule has 7 heteroatoms. The van der Waals surface area contributed by atoms with E-state index in [4.69, 9.17) is 0 Å². The standard InChI is InChI=1S/C21H23FN4OS/c1-3-14(2)20(27)24-18-6-4-5-16(11-18)13-23-21-26-25-19(28-21)12-15-7-9-17(22)10-8-15/h4-11,14H,3,12-13H2,1-2H3,(H,23,26)(H,24,27). The lowest BCUT2D eigenvalue weighted by atomic mass is 10.1. The van der Waals surface area contributed by atoms with Crippen molar-refractivity contribution in [3.05, 3.63) is 70.5 Å². The van der Waals surface area contributed by atoms with Crippen molar-refractivity contribution in [2.75, 3.05) is 10.6 Å². The molecule has 1 unspecified atom stereocenters. The predicted octanol–water partition coefficient (Wildman–Crippen LogP) is 4.86. The molecule has 0 bridgehead atoms. The Kier molecular flexibility index (Phi) is 6.71. The lowest BCUT2D eigenvalue weighted by Gasteiger charge is -2.11. The molecule has 0 spiro atoms. The first-order chi connectivity index (χ1) is 13.5. The molecule has 0 saturated heterocycles. The first kappa shape index (κ1) is 19.9. The molecule has 0 aliphatic heterocycles. The minimum absolute atomic E-state index is 0.0114. The third-order valence-corrected chi connectivity index (χ3v) is 5.31. The fourth-order valence-electron chi connectivity index (χ4n) is 2.56. The lowest BCUT2D eigenvalue weighted by molar-refractivity contribution is -0.119. The fraction of sp³-hybridized carbons (Fsp3) is 0.286. The summed E-state index contributed by atoms with van der Waals surface area (Å²) in [5.74, 6) is -0.226. The van der Waals surface area contributed by atoms with Crippen LogP contribution in [0, 0.1) is 11.7 Å². The third kappa shape index (κ3) is 5.60. The zero-order chi connectivity index (χ0) is 19.9. The Morgan fingerprint density at radius 2 is 1.93 bits per heavy atom. The van der Waals surface area contributed by atoms with Gasteiger partial charge in [0.15, 0.2) is 0 Å². The second-order valence-corrected chi connectivity index (χ2v) is 7.72. The van der Waals surface area contributed by atoms with Gasteiger partial charge < -0.3 is 10.6 Å². The number of nitrogens with zero attached hydrogens (tertiary/aromatic N) is 2. The highest BCUT2D eigenvalue weighted by Gasteiger charge is 2.11. The quantitative estimate of drug-likeness (QED) is 0.568. The molecule has 146 valence electrons. The van der Waals surface area contributed by atoms with Crippen LogP contribution in [0.15, 0.2) is 48.5 Å². The Morgan fingerprint density at radius 3 is 2.68 bits per heavy atom. The van der Waals surface area contributed by atoms with Crippen LogP contribution in [0.4, 0.5) is 15.2 Å². The average molecular weight is 399 g/mol. The van der Waals surface area contributed by atoms with Crippen molar-refractivity contribution >= 4 is 28.1 Å². The summed E-state index contributed by atoms with van der Waals surface area (Å²) < 4.78 is 13.0. The Labute approximate surface area is 168 Å². The molecule has 1 aromatic heterocycles. The molecule has 2 aromatic carbocycles. The number of carbonyl (C=O) groups excluding carboxylic acids is 1. The van der Waals surface area contributed by atoms with E-state index in [1.807, 2.05) is 38.1 Å². The summed E-state index contributed by atoms with van der Waals surface area (Å²) in [5.41, 5.74) is 2.82. The Bertz CT molecular complexity index is 926. The summed E-state index contributed by atoms with van der Waals surface area (Å²) in [6.07, 6.45) is 1.43. The number of amides is 1. The van der Waals surface area contributed by atoms with Gasteiger partial charge in [-0.1, -0.05) is 49.4 Å². The molecule has 0 saturated carbocycles. The fourth-order valence-corrected chi connectivity index (χ4v) is 3.33. The lowest BCUT2D eigenvalue weighted by Crippen LogP contribution is -2.19. The number of carbonyl (C=O) groups is 1. The highest BCUT2D eigenvalue weighted by Crippen LogP contribution is 2.20. The van der Waals surface area contributed by atoms with Gasteiger partial charge in [0, 0.05) is 24.6 Å². The number of anilines is 2. The highest BCUT2D eigenvalue weighted by molar-refractivity contribution is 7.15. The average Bonchev–Trinajstić information content (AvgIpc) is 3.15. The van der Waals surface area contributed by atoms with Gasteiger partial charge in [-0.3, -0.25) is 4.79 Å². The molecule has 0 aliphatic rings. The van der Waals surface area contributed by atoms with Gasteiger partial charge in [-0.25, -0.2) is 4.39 Å². The molecule has 3 aromatic rings. The van der Waals surface area contributed by atoms with Gasteiger partial charge in [-0.2, -0.15) is 0 Å². The van der Waals surface area contributed by atoms with Crippen LogP contribution < -0.4 is 10.6 Å². The maximum Gasteiger partial charge on any atom is 0.227 e. The molecule has 1 heterocycles. The molecular weight excluding hydrogens is 375 g/mol. The molecule has 0 radical (unpaired) electrons. The molecule has 0 fully saturated rings.